The highest BCUT2D eigenvalue weighted by atomic mass is 16.5. The molecule has 7 nitrogen and oxygen atoms in total. The Morgan fingerprint density at radius 3 is 2.11 bits per heavy atom. The number of hydrogen-bond donors (Lipinski definition) is 0. The van der Waals surface area contributed by atoms with Crippen molar-refractivity contribution in [1.29, 1.82) is 0 Å². The molecule has 0 aliphatic carbocycles. The molecule has 0 unspecified atom stereocenters. The number of likely N-dealkylation sites (N-methyl/N-ethyl adjacent to an activating group) is 1. The van der Waals surface area contributed by atoms with Crippen LogP contribution in [0.3, 0.4) is 0 Å². The Labute approximate surface area is 162 Å². The maximum absolute atomic E-state index is 12.2. The summed E-state index contributed by atoms with van der Waals surface area (Å²) in [5.41, 5.74) is 1.63. The summed E-state index contributed by atoms with van der Waals surface area (Å²) in [6.07, 6.45) is -0.166. The van der Waals surface area contributed by atoms with Crippen LogP contribution in [0, 0.1) is 0 Å². The second-order valence-electron chi connectivity index (χ2n) is 6.45. The lowest BCUT2D eigenvalue weighted by Gasteiger charge is -2.17. The van der Waals surface area contributed by atoms with Crippen LogP contribution in [0.1, 0.15) is 32.7 Å². The number of imide groups is 1. The summed E-state index contributed by atoms with van der Waals surface area (Å²) in [6.45, 7) is -0.0597. The lowest BCUT2D eigenvalue weighted by molar-refractivity contribution is -0.151. The fourth-order valence-electron chi connectivity index (χ4n) is 2.92. The number of fused-ring (bicyclic) bond motifs is 1. The van der Waals surface area contributed by atoms with Gasteiger partial charge in [-0.05, 0) is 17.7 Å². The Balaban J connectivity index is 1.44. The first-order valence-corrected chi connectivity index (χ1v) is 8.86. The quantitative estimate of drug-likeness (QED) is 0.541. The Bertz CT molecular complexity index is 875. The lowest BCUT2D eigenvalue weighted by atomic mass is 10.1. The molecule has 2 aromatic rings. The highest BCUT2D eigenvalue weighted by molar-refractivity contribution is 6.21. The van der Waals surface area contributed by atoms with Crippen molar-refractivity contribution in [3.63, 3.8) is 0 Å². The van der Waals surface area contributed by atoms with Gasteiger partial charge in [0.15, 0.2) is 6.61 Å². The molecule has 0 saturated carbocycles. The minimum Gasteiger partial charge on any atom is -0.456 e. The average molecular weight is 380 g/mol. The number of ether oxygens (including phenoxy) is 1. The number of benzene rings is 2. The highest BCUT2D eigenvalue weighted by Gasteiger charge is 2.35. The van der Waals surface area contributed by atoms with Crippen LogP contribution in [-0.4, -0.2) is 53.7 Å². The molecule has 2 aromatic carbocycles. The normalized spacial score (nSPS) is 12.7. The first kappa shape index (κ1) is 19.3. The molecule has 0 spiro atoms. The van der Waals surface area contributed by atoms with Gasteiger partial charge in [-0.15, -0.1) is 0 Å². The predicted octanol–water partition coefficient (Wildman–Crippen LogP) is 1.87. The van der Waals surface area contributed by atoms with E-state index in [1.54, 1.807) is 31.3 Å². The van der Waals surface area contributed by atoms with Gasteiger partial charge in [0.05, 0.1) is 17.5 Å². The third-order valence-electron chi connectivity index (χ3n) is 4.46. The zero-order valence-corrected chi connectivity index (χ0v) is 15.5. The van der Waals surface area contributed by atoms with Crippen molar-refractivity contribution in [3.05, 3.63) is 71.3 Å². The van der Waals surface area contributed by atoms with Crippen LogP contribution in [0.5, 0.6) is 0 Å². The van der Waals surface area contributed by atoms with Crippen molar-refractivity contribution in [3.8, 4) is 0 Å². The Morgan fingerprint density at radius 2 is 1.50 bits per heavy atom. The van der Waals surface area contributed by atoms with Crippen LogP contribution < -0.4 is 0 Å². The zero-order chi connectivity index (χ0) is 20.1. The third-order valence-corrected chi connectivity index (χ3v) is 4.46. The molecule has 0 radical (unpaired) electrons. The van der Waals surface area contributed by atoms with Gasteiger partial charge in [-0.1, -0.05) is 42.5 Å². The Hall–Kier alpha value is -3.48. The van der Waals surface area contributed by atoms with Gasteiger partial charge in [-0.25, -0.2) is 0 Å². The fraction of sp³-hybridized carbons (Fsp3) is 0.238. The van der Waals surface area contributed by atoms with Gasteiger partial charge >= 0.3 is 5.97 Å². The lowest BCUT2D eigenvalue weighted by Crippen LogP contribution is -2.33. The van der Waals surface area contributed by atoms with Crippen LogP contribution in [0.25, 0.3) is 0 Å². The SMILES string of the molecule is CN(Cc1ccccc1)C(=O)COC(=O)CCN1C(=O)c2ccccc2C1=O. The van der Waals surface area contributed by atoms with Crippen molar-refractivity contribution in [2.75, 3.05) is 20.2 Å². The van der Waals surface area contributed by atoms with Crippen LogP contribution in [0.4, 0.5) is 0 Å². The van der Waals surface area contributed by atoms with Crippen molar-refractivity contribution >= 4 is 23.7 Å². The van der Waals surface area contributed by atoms with E-state index in [1.807, 2.05) is 30.3 Å². The van der Waals surface area contributed by atoms with E-state index in [1.165, 1.54) is 4.90 Å². The van der Waals surface area contributed by atoms with E-state index in [2.05, 4.69) is 0 Å². The summed E-state index contributed by atoms with van der Waals surface area (Å²) in [7, 11) is 1.63. The van der Waals surface area contributed by atoms with Crippen molar-refractivity contribution in [1.82, 2.24) is 9.80 Å². The molecule has 0 fully saturated rings. The monoisotopic (exact) mass is 380 g/mol. The van der Waals surface area contributed by atoms with E-state index in [9.17, 15) is 19.2 Å². The van der Waals surface area contributed by atoms with Crippen molar-refractivity contribution in [2.24, 2.45) is 0 Å². The Kier molecular flexibility index (Phi) is 5.84. The number of esters is 1. The number of hydrogen-bond acceptors (Lipinski definition) is 5. The number of carbonyl (C=O) groups excluding carboxylic acids is 4. The summed E-state index contributed by atoms with van der Waals surface area (Å²) < 4.78 is 4.99. The molecular formula is C21H20N2O5. The number of carbonyl (C=O) groups is 4. The van der Waals surface area contributed by atoms with Gasteiger partial charge < -0.3 is 9.64 Å². The maximum atomic E-state index is 12.2. The van der Waals surface area contributed by atoms with E-state index in [-0.39, 0.29) is 25.5 Å². The van der Waals surface area contributed by atoms with E-state index in [0.717, 1.165) is 10.5 Å². The summed E-state index contributed by atoms with van der Waals surface area (Å²) >= 11 is 0. The standard InChI is InChI=1S/C21H20N2O5/c1-22(13-15-7-3-2-4-8-15)18(24)14-28-19(25)11-12-23-20(26)16-9-5-6-10-17(16)21(23)27/h2-10H,11-14H2,1H3. The molecule has 1 heterocycles. The molecule has 0 bridgehead atoms. The van der Waals surface area contributed by atoms with E-state index < -0.39 is 17.8 Å². The van der Waals surface area contributed by atoms with Gasteiger partial charge in [0.2, 0.25) is 0 Å². The Morgan fingerprint density at radius 1 is 0.929 bits per heavy atom. The molecule has 3 amide bonds. The number of amides is 3. The topological polar surface area (TPSA) is 84.0 Å². The first-order chi connectivity index (χ1) is 13.5. The van der Waals surface area contributed by atoms with Crippen molar-refractivity contribution < 1.29 is 23.9 Å². The number of rotatable bonds is 7. The van der Waals surface area contributed by atoms with Gasteiger partial charge in [-0.2, -0.15) is 0 Å². The highest BCUT2D eigenvalue weighted by Crippen LogP contribution is 2.22. The summed E-state index contributed by atoms with van der Waals surface area (Å²) in [5, 5.41) is 0. The molecular weight excluding hydrogens is 360 g/mol. The molecule has 144 valence electrons. The molecule has 7 heteroatoms. The van der Waals surface area contributed by atoms with Crippen molar-refractivity contribution in [2.45, 2.75) is 13.0 Å². The van der Waals surface area contributed by atoms with E-state index >= 15 is 0 Å². The zero-order valence-electron chi connectivity index (χ0n) is 15.5. The van der Waals surface area contributed by atoms with Gasteiger partial charge in [0.25, 0.3) is 17.7 Å². The second-order valence-corrected chi connectivity index (χ2v) is 6.45. The van der Waals surface area contributed by atoms with Crippen LogP contribution in [-0.2, 0) is 20.9 Å². The number of nitrogens with zero attached hydrogens (tertiary/aromatic N) is 2. The molecule has 1 aliphatic rings. The minimum absolute atomic E-state index is 0.0841. The van der Waals surface area contributed by atoms with Gasteiger partial charge in [0, 0.05) is 20.1 Å². The van der Waals surface area contributed by atoms with Crippen LogP contribution in [0.15, 0.2) is 54.6 Å². The van der Waals surface area contributed by atoms with Crippen LogP contribution in [0.2, 0.25) is 0 Å². The smallest absolute Gasteiger partial charge is 0.308 e. The molecule has 28 heavy (non-hydrogen) atoms. The predicted molar refractivity (Wildman–Crippen MR) is 100 cm³/mol. The summed E-state index contributed by atoms with van der Waals surface area (Å²) in [6, 6.07) is 16.0. The van der Waals surface area contributed by atoms with E-state index in [4.69, 9.17) is 4.74 Å². The molecule has 0 N–H and O–H groups in total. The van der Waals surface area contributed by atoms with Gasteiger partial charge in [-0.3, -0.25) is 24.1 Å². The average Bonchev–Trinajstić information content (AvgIpc) is 2.95. The van der Waals surface area contributed by atoms with E-state index in [0.29, 0.717) is 17.7 Å². The van der Waals surface area contributed by atoms with Crippen LogP contribution >= 0.6 is 0 Å². The molecule has 1 aliphatic heterocycles. The largest absolute Gasteiger partial charge is 0.456 e. The third kappa shape index (κ3) is 4.25. The maximum Gasteiger partial charge on any atom is 0.308 e. The molecule has 0 saturated heterocycles. The first-order valence-electron chi connectivity index (χ1n) is 8.86. The molecule has 0 atom stereocenters. The minimum atomic E-state index is -0.641. The summed E-state index contributed by atoms with van der Waals surface area (Å²) in [5.74, 6) is -1.82. The van der Waals surface area contributed by atoms with Gasteiger partial charge in [0.1, 0.15) is 0 Å². The molecule has 3 rings (SSSR count). The fourth-order valence-corrected chi connectivity index (χ4v) is 2.92. The molecule has 0 aromatic heterocycles. The summed E-state index contributed by atoms with van der Waals surface area (Å²) in [4.78, 5) is 51.0. The second kappa shape index (κ2) is 8.47.